The first-order chi connectivity index (χ1) is 11.4. The zero-order valence-corrected chi connectivity index (χ0v) is 14.5. The van der Waals surface area contributed by atoms with E-state index in [1.54, 1.807) is 18.7 Å². The number of benzene rings is 1. The maximum Gasteiger partial charge on any atom is 0.276 e. The predicted octanol–water partition coefficient (Wildman–Crippen LogP) is 3.45. The molecule has 1 aliphatic carbocycles. The molecule has 0 bridgehead atoms. The molecule has 1 aliphatic rings. The number of aromatic nitrogens is 1. The Morgan fingerprint density at radius 1 is 1.33 bits per heavy atom. The van der Waals surface area contributed by atoms with Gasteiger partial charge < -0.3 is 14.4 Å². The molecule has 0 aliphatic heterocycles. The van der Waals surface area contributed by atoms with Crippen LogP contribution in [-0.2, 0) is 0 Å². The van der Waals surface area contributed by atoms with Crippen molar-refractivity contribution in [1.82, 2.24) is 9.88 Å². The Balaban J connectivity index is 1.94. The number of hydrogen-bond donors (Lipinski definition) is 1. The summed E-state index contributed by atoms with van der Waals surface area (Å²) in [5.74, 6) is 1.29. The highest BCUT2D eigenvalue weighted by atomic mass is 16.4. The van der Waals surface area contributed by atoms with Gasteiger partial charge in [0.25, 0.3) is 5.91 Å². The fourth-order valence-electron chi connectivity index (χ4n) is 2.76. The Morgan fingerprint density at radius 3 is 2.54 bits per heavy atom. The van der Waals surface area contributed by atoms with Gasteiger partial charge in [-0.25, -0.2) is 4.98 Å². The summed E-state index contributed by atoms with van der Waals surface area (Å²) in [6.45, 7) is 6.07. The lowest BCUT2D eigenvalue weighted by atomic mass is 10.1. The lowest BCUT2D eigenvalue weighted by molar-refractivity contribution is 0.0310. The van der Waals surface area contributed by atoms with Gasteiger partial charge in [-0.2, -0.15) is 0 Å². The van der Waals surface area contributed by atoms with Gasteiger partial charge >= 0.3 is 0 Å². The van der Waals surface area contributed by atoms with Crippen molar-refractivity contribution in [3.05, 3.63) is 41.8 Å². The molecule has 128 valence electrons. The lowest BCUT2D eigenvalue weighted by Crippen LogP contribution is -2.42. The second kappa shape index (κ2) is 6.40. The first kappa shape index (κ1) is 16.7. The molecule has 2 aromatic rings. The summed E-state index contributed by atoms with van der Waals surface area (Å²) in [6.07, 6.45) is 2.06. The SMILES string of the molecule is CCN(CC(C)(C)O)C(=O)c1nc(-c2ccccc2)oc1C1CC1. The maximum absolute atomic E-state index is 12.9. The second-order valence-corrected chi connectivity index (χ2v) is 7.00. The highest BCUT2D eigenvalue weighted by Crippen LogP contribution is 2.43. The van der Waals surface area contributed by atoms with Crippen molar-refractivity contribution in [1.29, 1.82) is 0 Å². The number of carbonyl (C=O) groups is 1. The third-order valence-corrected chi connectivity index (χ3v) is 4.07. The van der Waals surface area contributed by atoms with E-state index in [2.05, 4.69) is 4.98 Å². The van der Waals surface area contributed by atoms with Crippen LogP contribution in [0.4, 0.5) is 0 Å². The van der Waals surface area contributed by atoms with E-state index in [0.717, 1.165) is 18.4 Å². The van der Waals surface area contributed by atoms with Crippen molar-refractivity contribution in [3.8, 4) is 11.5 Å². The summed E-state index contributed by atoms with van der Waals surface area (Å²) >= 11 is 0. The molecule has 1 amide bonds. The highest BCUT2D eigenvalue weighted by molar-refractivity contribution is 5.94. The molecule has 0 radical (unpaired) electrons. The van der Waals surface area contributed by atoms with E-state index in [-0.39, 0.29) is 18.4 Å². The number of aliphatic hydroxyl groups is 1. The Morgan fingerprint density at radius 2 is 2.00 bits per heavy atom. The van der Waals surface area contributed by atoms with Crippen molar-refractivity contribution in [3.63, 3.8) is 0 Å². The molecule has 0 spiro atoms. The summed E-state index contributed by atoms with van der Waals surface area (Å²) in [5, 5.41) is 10.1. The number of oxazole rings is 1. The van der Waals surface area contributed by atoms with Crippen molar-refractivity contribution in [2.24, 2.45) is 0 Å². The molecule has 1 aromatic carbocycles. The van der Waals surface area contributed by atoms with Crippen LogP contribution in [0.25, 0.3) is 11.5 Å². The molecular weight excluding hydrogens is 304 g/mol. The van der Waals surface area contributed by atoms with Gasteiger partial charge in [0.15, 0.2) is 5.69 Å². The van der Waals surface area contributed by atoms with Crippen LogP contribution in [0.1, 0.15) is 55.8 Å². The third kappa shape index (κ3) is 3.67. The van der Waals surface area contributed by atoms with E-state index in [0.29, 0.717) is 23.9 Å². The molecule has 0 saturated heterocycles. The average Bonchev–Trinajstić information content (AvgIpc) is 3.30. The van der Waals surface area contributed by atoms with Crippen molar-refractivity contribution in [2.45, 2.75) is 45.1 Å². The standard InChI is InChI=1S/C19H24N2O3/c1-4-21(12-19(2,3)23)18(22)15-16(13-10-11-13)24-17(20-15)14-8-6-5-7-9-14/h5-9,13,23H,4,10-12H2,1-3H3. The summed E-state index contributed by atoms with van der Waals surface area (Å²) in [5.41, 5.74) is 0.309. The first-order valence-electron chi connectivity index (χ1n) is 8.47. The topological polar surface area (TPSA) is 66.6 Å². The average molecular weight is 328 g/mol. The molecule has 5 nitrogen and oxygen atoms in total. The second-order valence-electron chi connectivity index (χ2n) is 7.00. The largest absolute Gasteiger partial charge is 0.440 e. The number of likely N-dealkylation sites (N-methyl/N-ethyl adjacent to an activating group) is 1. The van der Waals surface area contributed by atoms with Gasteiger partial charge in [-0.15, -0.1) is 0 Å². The van der Waals surface area contributed by atoms with Crippen molar-refractivity contribution < 1.29 is 14.3 Å². The van der Waals surface area contributed by atoms with Crippen LogP contribution in [-0.4, -0.2) is 39.6 Å². The fourth-order valence-corrected chi connectivity index (χ4v) is 2.76. The minimum absolute atomic E-state index is 0.174. The van der Waals surface area contributed by atoms with Gasteiger partial charge in [0, 0.05) is 24.6 Å². The Labute approximate surface area is 142 Å². The minimum Gasteiger partial charge on any atom is -0.440 e. The zero-order chi connectivity index (χ0) is 17.3. The normalized spacial score (nSPS) is 14.7. The maximum atomic E-state index is 12.9. The van der Waals surface area contributed by atoms with Crippen LogP contribution in [0.5, 0.6) is 0 Å². The predicted molar refractivity (Wildman–Crippen MR) is 91.8 cm³/mol. The molecule has 5 heteroatoms. The Kier molecular flexibility index (Phi) is 4.45. The smallest absolute Gasteiger partial charge is 0.276 e. The highest BCUT2D eigenvalue weighted by Gasteiger charge is 2.36. The molecule has 1 saturated carbocycles. The fraction of sp³-hybridized carbons (Fsp3) is 0.474. The molecule has 0 unspecified atom stereocenters. The number of carbonyl (C=O) groups excluding carboxylic acids is 1. The molecule has 3 rings (SSSR count). The van der Waals surface area contributed by atoms with Crippen LogP contribution in [0.2, 0.25) is 0 Å². The van der Waals surface area contributed by atoms with Gasteiger partial charge in [0.05, 0.1) is 5.60 Å². The van der Waals surface area contributed by atoms with E-state index in [4.69, 9.17) is 4.42 Å². The number of nitrogens with zero attached hydrogens (tertiary/aromatic N) is 2. The molecule has 0 atom stereocenters. The van der Waals surface area contributed by atoms with Crippen LogP contribution in [0.3, 0.4) is 0 Å². The van der Waals surface area contributed by atoms with Crippen molar-refractivity contribution >= 4 is 5.91 Å². The van der Waals surface area contributed by atoms with Gasteiger partial charge in [0.2, 0.25) is 5.89 Å². The molecule has 1 fully saturated rings. The summed E-state index contributed by atoms with van der Waals surface area (Å²) in [6, 6.07) is 9.62. The molecule has 1 aromatic heterocycles. The number of amides is 1. The minimum atomic E-state index is -0.947. The van der Waals surface area contributed by atoms with E-state index in [1.165, 1.54) is 0 Å². The summed E-state index contributed by atoms with van der Waals surface area (Å²) in [4.78, 5) is 19.1. The van der Waals surface area contributed by atoms with Crippen LogP contribution in [0, 0.1) is 0 Å². The van der Waals surface area contributed by atoms with Gasteiger partial charge in [-0.3, -0.25) is 4.79 Å². The van der Waals surface area contributed by atoms with E-state index in [1.807, 2.05) is 37.3 Å². The molecular formula is C19H24N2O3. The molecule has 1 N–H and O–H groups in total. The Bertz CT molecular complexity index is 712. The van der Waals surface area contributed by atoms with E-state index >= 15 is 0 Å². The number of rotatable bonds is 6. The lowest BCUT2D eigenvalue weighted by Gasteiger charge is -2.27. The van der Waals surface area contributed by atoms with Crippen LogP contribution in [0.15, 0.2) is 34.7 Å². The van der Waals surface area contributed by atoms with Gasteiger partial charge in [-0.05, 0) is 45.7 Å². The molecule has 24 heavy (non-hydrogen) atoms. The Hall–Kier alpha value is -2.14. The zero-order valence-electron chi connectivity index (χ0n) is 14.5. The van der Waals surface area contributed by atoms with Gasteiger partial charge in [-0.1, -0.05) is 18.2 Å². The van der Waals surface area contributed by atoms with E-state index in [9.17, 15) is 9.90 Å². The first-order valence-corrected chi connectivity index (χ1v) is 8.47. The monoisotopic (exact) mass is 328 g/mol. The molecule has 1 heterocycles. The quantitative estimate of drug-likeness (QED) is 0.882. The van der Waals surface area contributed by atoms with Crippen LogP contribution < -0.4 is 0 Å². The third-order valence-electron chi connectivity index (χ3n) is 4.07. The van der Waals surface area contributed by atoms with Crippen molar-refractivity contribution in [2.75, 3.05) is 13.1 Å². The summed E-state index contributed by atoms with van der Waals surface area (Å²) in [7, 11) is 0. The van der Waals surface area contributed by atoms with Crippen LogP contribution >= 0.6 is 0 Å². The number of hydrogen-bond acceptors (Lipinski definition) is 4. The van der Waals surface area contributed by atoms with Gasteiger partial charge in [0.1, 0.15) is 5.76 Å². The van der Waals surface area contributed by atoms with E-state index < -0.39 is 5.60 Å². The summed E-state index contributed by atoms with van der Waals surface area (Å²) < 4.78 is 5.95.